The minimum Gasteiger partial charge on any atom is -0.469 e. The van der Waals surface area contributed by atoms with Crippen LogP contribution in [0.5, 0.6) is 0 Å². The Labute approximate surface area is 118 Å². The predicted octanol–water partition coefficient (Wildman–Crippen LogP) is 2.52. The highest BCUT2D eigenvalue weighted by molar-refractivity contribution is 5.51. The fourth-order valence-corrected chi connectivity index (χ4v) is 1.92. The van der Waals surface area contributed by atoms with Gasteiger partial charge in [-0.1, -0.05) is 6.92 Å². The second-order valence-electron chi connectivity index (χ2n) is 4.75. The molecule has 0 aromatic carbocycles. The first-order chi connectivity index (χ1) is 9.67. The zero-order chi connectivity index (χ0) is 14.4. The summed E-state index contributed by atoms with van der Waals surface area (Å²) in [4.78, 5) is 8.35. The number of nitrogens with two attached hydrogens (primary N) is 1. The van der Waals surface area contributed by atoms with Gasteiger partial charge in [0.25, 0.3) is 0 Å². The molecule has 0 aliphatic rings. The van der Waals surface area contributed by atoms with Gasteiger partial charge in [0.1, 0.15) is 17.4 Å². The zero-order valence-corrected chi connectivity index (χ0v) is 11.9. The molecule has 0 radical (unpaired) electrons. The summed E-state index contributed by atoms with van der Waals surface area (Å²) >= 11 is 0. The van der Waals surface area contributed by atoms with Crippen molar-refractivity contribution >= 4 is 17.6 Å². The Bertz CT molecular complexity index is 526. The Balaban J connectivity index is 1.98. The van der Waals surface area contributed by atoms with Gasteiger partial charge in [-0.15, -0.1) is 0 Å². The molecule has 0 amide bonds. The van der Waals surface area contributed by atoms with Crippen LogP contribution < -0.4 is 16.4 Å². The van der Waals surface area contributed by atoms with Gasteiger partial charge in [-0.05, 0) is 25.5 Å². The maximum absolute atomic E-state index is 5.72. The summed E-state index contributed by atoms with van der Waals surface area (Å²) in [5.41, 5.74) is 5.72. The molecule has 6 heteroatoms. The lowest BCUT2D eigenvalue weighted by Crippen LogP contribution is -2.19. The van der Waals surface area contributed by atoms with Gasteiger partial charge in [0.2, 0.25) is 5.95 Å². The zero-order valence-electron chi connectivity index (χ0n) is 11.9. The van der Waals surface area contributed by atoms with Crippen molar-refractivity contribution in [1.82, 2.24) is 9.97 Å². The van der Waals surface area contributed by atoms with E-state index in [1.54, 1.807) is 6.26 Å². The van der Waals surface area contributed by atoms with Crippen molar-refractivity contribution < 1.29 is 4.42 Å². The molecule has 20 heavy (non-hydrogen) atoms. The summed E-state index contributed by atoms with van der Waals surface area (Å²) in [6, 6.07) is 5.90. The molecule has 2 heterocycles. The molecule has 1 atom stereocenters. The van der Waals surface area contributed by atoms with E-state index in [2.05, 4.69) is 34.4 Å². The second-order valence-corrected chi connectivity index (χ2v) is 4.75. The van der Waals surface area contributed by atoms with Crippen molar-refractivity contribution in [2.24, 2.45) is 0 Å². The van der Waals surface area contributed by atoms with Gasteiger partial charge in [0.05, 0.1) is 6.26 Å². The van der Waals surface area contributed by atoms with Crippen LogP contribution in [0.4, 0.5) is 17.6 Å². The Kier molecular flexibility index (Phi) is 4.81. The van der Waals surface area contributed by atoms with Crippen LogP contribution in [-0.2, 0) is 6.42 Å². The summed E-state index contributed by atoms with van der Waals surface area (Å²) < 4.78 is 5.33. The van der Waals surface area contributed by atoms with Gasteiger partial charge in [0.15, 0.2) is 0 Å². The van der Waals surface area contributed by atoms with E-state index in [4.69, 9.17) is 10.2 Å². The van der Waals surface area contributed by atoms with Gasteiger partial charge in [-0.3, -0.25) is 0 Å². The van der Waals surface area contributed by atoms with Crippen molar-refractivity contribution in [3.05, 3.63) is 30.2 Å². The lowest BCUT2D eigenvalue weighted by molar-refractivity contribution is 0.497. The van der Waals surface area contributed by atoms with Crippen LogP contribution >= 0.6 is 0 Å². The first-order valence-corrected chi connectivity index (χ1v) is 6.84. The molecule has 1 unspecified atom stereocenters. The number of anilines is 3. The predicted molar refractivity (Wildman–Crippen MR) is 80.7 cm³/mol. The van der Waals surface area contributed by atoms with Gasteiger partial charge in [-0.25, -0.2) is 0 Å². The van der Waals surface area contributed by atoms with Gasteiger partial charge >= 0.3 is 0 Å². The minimum absolute atomic E-state index is 0.189. The maximum atomic E-state index is 5.72. The molecule has 6 nitrogen and oxygen atoms in total. The molecule has 2 aromatic rings. The number of nitrogens with zero attached hydrogens (tertiary/aromatic N) is 2. The number of rotatable bonds is 7. The highest BCUT2D eigenvalue weighted by Gasteiger charge is 2.08. The molecule has 0 saturated heterocycles. The maximum Gasteiger partial charge on any atom is 0.223 e. The first kappa shape index (κ1) is 14.2. The van der Waals surface area contributed by atoms with Gasteiger partial charge in [0, 0.05) is 25.1 Å². The summed E-state index contributed by atoms with van der Waals surface area (Å²) in [7, 11) is 0. The van der Waals surface area contributed by atoms with Crippen LogP contribution in [0.25, 0.3) is 0 Å². The molecule has 4 N–H and O–H groups in total. The van der Waals surface area contributed by atoms with Crippen LogP contribution in [0.15, 0.2) is 28.9 Å². The molecule has 0 aliphatic heterocycles. The Morgan fingerprint density at radius 2 is 2.15 bits per heavy atom. The summed E-state index contributed by atoms with van der Waals surface area (Å²) in [6.07, 6.45) is 3.49. The fourth-order valence-electron chi connectivity index (χ4n) is 1.92. The van der Waals surface area contributed by atoms with Crippen LogP contribution in [0.2, 0.25) is 0 Å². The Morgan fingerprint density at radius 3 is 2.85 bits per heavy atom. The van der Waals surface area contributed by atoms with E-state index in [0.29, 0.717) is 0 Å². The third-order valence-corrected chi connectivity index (χ3v) is 2.78. The number of hydrogen-bond donors (Lipinski definition) is 3. The lowest BCUT2D eigenvalue weighted by atomic mass is 10.2. The third-order valence-electron chi connectivity index (χ3n) is 2.78. The molecular formula is C14H21N5O. The quantitative estimate of drug-likeness (QED) is 0.719. The molecule has 0 saturated carbocycles. The summed E-state index contributed by atoms with van der Waals surface area (Å²) in [6.45, 7) is 5.03. The normalized spacial score (nSPS) is 12.1. The van der Waals surface area contributed by atoms with Crippen LogP contribution in [0.3, 0.4) is 0 Å². The van der Waals surface area contributed by atoms with E-state index in [1.165, 1.54) is 0 Å². The van der Waals surface area contributed by atoms with Crippen molar-refractivity contribution in [3.63, 3.8) is 0 Å². The standard InChI is InChI=1S/C14H21N5O/c1-3-6-16-12-9-13(19-14(15)18-12)17-10(2)8-11-5-4-7-20-11/h4-5,7,9-10H,3,6,8H2,1-2H3,(H4,15,16,17,18,19). The average Bonchev–Trinajstić information content (AvgIpc) is 2.88. The minimum atomic E-state index is 0.189. The smallest absolute Gasteiger partial charge is 0.223 e. The van der Waals surface area contributed by atoms with Gasteiger partial charge < -0.3 is 20.8 Å². The van der Waals surface area contributed by atoms with Crippen molar-refractivity contribution in [1.29, 1.82) is 0 Å². The molecular weight excluding hydrogens is 254 g/mol. The molecule has 0 bridgehead atoms. The topological polar surface area (TPSA) is 89.0 Å². The average molecular weight is 275 g/mol. The number of hydrogen-bond acceptors (Lipinski definition) is 6. The van der Waals surface area contributed by atoms with E-state index in [9.17, 15) is 0 Å². The second kappa shape index (κ2) is 6.79. The molecule has 0 spiro atoms. The van der Waals surface area contributed by atoms with E-state index < -0.39 is 0 Å². The third kappa shape index (κ3) is 4.15. The monoisotopic (exact) mass is 275 g/mol. The van der Waals surface area contributed by atoms with E-state index >= 15 is 0 Å². The fraction of sp³-hybridized carbons (Fsp3) is 0.429. The molecule has 0 fully saturated rings. The van der Waals surface area contributed by atoms with E-state index in [-0.39, 0.29) is 12.0 Å². The largest absolute Gasteiger partial charge is 0.469 e. The van der Waals surface area contributed by atoms with E-state index in [1.807, 2.05) is 18.2 Å². The molecule has 2 rings (SSSR count). The first-order valence-electron chi connectivity index (χ1n) is 6.84. The Hall–Kier alpha value is -2.24. The SMILES string of the molecule is CCCNc1cc(NC(C)Cc2ccco2)nc(N)n1. The van der Waals surface area contributed by atoms with E-state index in [0.717, 1.165) is 36.8 Å². The molecule has 0 aliphatic carbocycles. The van der Waals surface area contributed by atoms with Crippen molar-refractivity contribution in [2.75, 3.05) is 22.9 Å². The van der Waals surface area contributed by atoms with Crippen LogP contribution in [0, 0.1) is 0 Å². The Morgan fingerprint density at radius 1 is 1.35 bits per heavy atom. The number of nitrogens with one attached hydrogen (secondary N) is 2. The lowest BCUT2D eigenvalue weighted by Gasteiger charge is -2.14. The highest BCUT2D eigenvalue weighted by Crippen LogP contribution is 2.15. The highest BCUT2D eigenvalue weighted by atomic mass is 16.3. The number of aromatic nitrogens is 2. The summed E-state index contributed by atoms with van der Waals surface area (Å²) in [5, 5.41) is 6.51. The van der Waals surface area contributed by atoms with Crippen molar-refractivity contribution in [3.8, 4) is 0 Å². The number of nitrogen functional groups attached to an aromatic ring is 1. The summed E-state index contributed by atoms with van der Waals surface area (Å²) in [5.74, 6) is 2.66. The van der Waals surface area contributed by atoms with Gasteiger partial charge in [-0.2, -0.15) is 9.97 Å². The number of furan rings is 1. The molecule has 2 aromatic heterocycles. The van der Waals surface area contributed by atoms with Crippen LogP contribution in [0.1, 0.15) is 26.0 Å². The van der Waals surface area contributed by atoms with Crippen LogP contribution in [-0.4, -0.2) is 22.6 Å². The molecule has 108 valence electrons. The van der Waals surface area contributed by atoms with Crippen molar-refractivity contribution in [2.45, 2.75) is 32.7 Å².